The first kappa shape index (κ1) is 17.9. The minimum atomic E-state index is -3.47. The van der Waals surface area contributed by atoms with Gasteiger partial charge in [0.1, 0.15) is 17.8 Å². The van der Waals surface area contributed by atoms with Gasteiger partial charge < -0.3 is 9.26 Å². The molecule has 1 saturated heterocycles. The van der Waals surface area contributed by atoms with E-state index in [9.17, 15) is 8.42 Å². The van der Waals surface area contributed by atoms with Crippen LogP contribution in [0, 0.1) is 0 Å². The maximum absolute atomic E-state index is 12.3. The number of hydrogen-bond donors (Lipinski definition) is 1. The SMILES string of the molecule is COc1ccc(C(CNS(=O)(=O)Cc2ccon2)N2CCCC2)cc1. The second-order valence-electron chi connectivity index (χ2n) is 6.13. The van der Waals surface area contributed by atoms with E-state index in [1.54, 1.807) is 13.2 Å². The molecule has 2 aromatic rings. The Morgan fingerprint density at radius 1 is 1.24 bits per heavy atom. The van der Waals surface area contributed by atoms with Crippen LogP contribution in [0.15, 0.2) is 41.1 Å². The van der Waals surface area contributed by atoms with Gasteiger partial charge in [-0.1, -0.05) is 17.3 Å². The highest BCUT2D eigenvalue weighted by molar-refractivity contribution is 7.88. The van der Waals surface area contributed by atoms with Gasteiger partial charge in [0.05, 0.1) is 12.8 Å². The minimum absolute atomic E-state index is 0.000454. The van der Waals surface area contributed by atoms with Gasteiger partial charge in [-0.15, -0.1) is 0 Å². The van der Waals surface area contributed by atoms with Crippen molar-refractivity contribution in [2.75, 3.05) is 26.7 Å². The van der Waals surface area contributed by atoms with E-state index >= 15 is 0 Å². The van der Waals surface area contributed by atoms with Crippen molar-refractivity contribution in [2.45, 2.75) is 24.6 Å². The smallest absolute Gasteiger partial charge is 0.217 e. The molecule has 1 N–H and O–H groups in total. The third-order valence-corrected chi connectivity index (χ3v) is 5.69. The van der Waals surface area contributed by atoms with Gasteiger partial charge in [-0.05, 0) is 43.6 Å². The van der Waals surface area contributed by atoms with Gasteiger partial charge in [-0.2, -0.15) is 0 Å². The summed E-state index contributed by atoms with van der Waals surface area (Å²) in [6.07, 6.45) is 3.64. The molecule has 0 aliphatic carbocycles. The zero-order chi connectivity index (χ0) is 17.7. The lowest BCUT2D eigenvalue weighted by Gasteiger charge is -2.28. The van der Waals surface area contributed by atoms with E-state index in [0.717, 1.165) is 37.2 Å². The van der Waals surface area contributed by atoms with Gasteiger partial charge in [0, 0.05) is 18.7 Å². The van der Waals surface area contributed by atoms with E-state index in [4.69, 9.17) is 9.26 Å². The van der Waals surface area contributed by atoms with Crippen LogP contribution < -0.4 is 9.46 Å². The zero-order valence-electron chi connectivity index (χ0n) is 14.2. The highest BCUT2D eigenvalue weighted by atomic mass is 32.2. The Morgan fingerprint density at radius 2 is 1.96 bits per heavy atom. The van der Waals surface area contributed by atoms with Crippen LogP contribution in [0.4, 0.5) is 0 Å². The Kier molecular flexibility index (Phi) is 5.72. The van der Waals surface area contributed by atoms with Crippen molar-refractivity contribution >= 4 is 10.0 Å². The van der Waals surface area contributed by atoms with Crippen LogP contribution in [0.1, 0.15) is 30.1 Å². The van der Waals surface area contributed by atoms with E-state index in [0.29, 0.717) is 12.2 Å². The first-order chi connectivity index (χ1) is 12.1. The van der Waals surface area contributed by atoms with Crippen molar-refractivity contribution in [1.82, 2.24) is 14.8 Å². The Bertz CT molecular complexity index is 754. The van der Waals surface area contributed by atoms with Crippen LogP contribution in [0.2, 0.25) is 0 Å². The fourth-order valence-corrected chi connectivity index (χ4v) is 4.15. The average molecular weight is 365 g/mol. The molecule has 1 aromatic heterocycles. The summed E-state index contributed by atoms with van der Waals surface area (Å²) in [6.45, 7) is 2.27. The Labute approximate surface area is 148 Å². The number of likely N-dealkylation sites (tertiary alicyclic amines) is 1. The number of benzene rings is 1. The predicted octanol–water partition coefficient (Wildman–Crippen LogP) is 1.94. The molecule has 0 bridgehead atoms. The Morgan fingerprint density at radius 3 is 2.56 bits per heavy atom. The van der Waals surface area contributed by atoms with E-state index in [2.05, 4.69) is 14.8 Å². The van der Waals surface area contributed by atoms with Gasteiger partial charge in [-0.25, -0.2) is 13.1 Å². The summed E-state index contributed by atoms with van der Waals surface area (Å²) in [4.78, 5) is 2.32. The standard InChI is InChI=1S/C17H23N3O4S/c1-23-16-6-4-14(5-7-16)17(20-9-2-3-10-20)12-18-25(21,22)13-15-8-11-24-19-15/h4-8,11,17-18H,2-3,9-10,12-13H2,1H3. The normalized spacial score (nSPS) is 16.8. The summed E-state index contributed by atoms with van der Waals surface area (Å²) < 4.78 is 37.3. The van der Waals surface area contributed by atoms with E-state index in [-0.39, 0.29) is 11.8 Å². The van der Waals surface area contributed by atoms with Crippen LogP contribution in [0.3, 0.4) is 0 Å². The first-order valence-corrected chi connectivity index (χ1v) is 9.97. The molecule has 8 heteroatoms. The molecule has 1 atom stereocenters. The van der Waals surface area contributed by atoms with Crippen molar-refractivity contribution in [3.63, 3.8) is 0 Å². The molecule has 1 aliphatic rings. The van der Waals surface area contributed by atoms with Crippen LogP contribution in [0.25, 0.3) is 0 Å². The third-order valence-electron chi connectivity index (χ3n) is 4.41. The van der Waals surface area contributed by atoms with Crippen molar-refractivity contribution in [3.8, 4) is 5.75 Å². The number of methoxy groups -OCH3 is 1. The number of rotatable bonds is 8. The van der Waals surface area contributed by atoms with E-state index in [1.165, 1.54) is 6.26 Å². The quantitative estimate of drug-likeness (QED) is 0.770. The lowest BCUT2D eigenvalue weighted by Crippen LogP contribution is -2.37. The molecule has 0 amide bonds. The van der Waals surface area contributed by atoms with Crippen LogP contribution in [0.5, 0.6) is 5.75 Å². The number of hydrogen-bond acceptors (Lipinski definition) is 6. The predicted molar refractivity (Wildman–Crippen MR) is 93.7 cm³/mol. The highest BCUT2D eigenvalue weighted by Gasteiger charge is 2.25. The zero-order valence-corrected chi connectivity index (χ0v) is 15.0. The van der Waals surface area contributed by atoms with Crippen LogP contribution >= 0.6 is 0 Å². The van der Waals surface area contributed by atoms with Crippen molar-refractivity contribution in [1.29, 1.82) is 0 Å². The molecule has 1 aromatic carbocycles. The van der Waals surface area contributed by atoms with Gasteiger partial charge >= 0.3 is 0 Å². The van der Waals surface area contributed by atoms with E-state index in [1.807, 2.05) is 24.3 Å². The summed E-state index contributed by atoms with van der Waals surface area (Å²) in [5.41, 5.74) is 1.47. The van der Waals surface area contributed by atoms with E-state index < -0.39 is 10.0 Å². The van der Waals surface area contributed by atoms with Crippen molar-refractivity contribution < 1.29 is 17.7 Å². The molecule has 1 unspecified atom stereocenters. The molecule has 25 heavy (non-hydrogen) atoms. The number of nitrogens with one attached hydrogen (secondary N) is 1. The number of sulfonamides is 1. The second-order valence-corrected chi connectivity index (χ2v) is 7.94. The lowest BCUT2D eigenvalue weighted by atomic mass is 10.1. The number of nitrogens with zero attached hydrogens (tertiary/aromatic N) is 2. The maximum Gasteiger partial charge on any atom is 0.217 e. The molecule has 0 spiro atoms. The van der Waals surface area contributed by atoms with Crippen molar-refractivity contribution in [3.05, 3.63) is 47.9 Å². The number of ether oxygens (including phenoxy) is 1. The molecule has 3 rings (SSSR count). The molecule has 136 valence electrons. The molecule has 7 nitrogen and oxygen atoms in total. The Balaban J connectivity index is 1.71. The molecule has 1 aliphatic heterocycles. The highest BCUT2D eigenvalue weighted by Crippen LogP contribution is 2.26. The van der Waals surface area contributed by atoms with Gasteiger partial charge in [-0.3, -0.25) is 4.90 Å². The van der Waals surface area contributed by atoms with Crippen LogP contribution in [-0.2, 0) is 15.8 Å². The lowest BCUT2D eigenvalue weighted by molar-refractivity contribution is 0.246. The minimum Gasteiger partial charge on any atom is -0.497 e. The maximum atomic E-state index is 12.3. The monoisotopic (exact) mass is 365 g/mol. The fraction of sp³-hybridized carbons (Fsp3) is 0.471. The second kappa shape index (κ2) is 7.99. The largest absolute Gasteiger partial charge is 0.497 e. The molecule has 0 radical (unpaired) electrons. The van der Waals surface area contributed by atoms with Gasteiger partial charge in [0.15, 0.2) is 0 Å². The summed E-state index contributed by atoms with van der Waals surface area (Å²) >= 11 is 0. The first-order valence-electron chi connectivity index (χ1n) is 8.32. The molecular weight excluding hydrogens is 342 g/mol. The van der Waals surface area contributed by atoms with Gasteiger partial charge in [0.2, 0.25) is 10.0 Å². The molecule has 0 saturated carbocycles. The topological polar surface area (TPSA) is 84.7 Å². The van der Waals surface area contributed by atoms with Crippen molar-refractivity contribution in [2.24, 2.45) is 0 Å². The summed E-state index contributed by atoms with van der Waals surface area (Å²) in [5.74, 6) is 0.606. The van der Waals surface area contributed by atoms with Crippen LogP contribution in [-0.4, -0.2) is 45.2 Å². The fourth-order valence-electron chi connectivity index (χ4n) is 3.10. The van der Waals surface area contributed by atoms with Gasteiger partial charge in [0.25, 0.3) is 0 Å². The molecular formula is C17H23N3O4S. The third kappa shape index (κ3) is 4.81. The Hall–Kier alpha value is -1.90. The summed E-state index contributed by atoms with van der Waals surface area (Å²) in [7, 11) is -1.84. The summed E-state index contributed by atoms with van der Waals surface area (Å²) in [6, 6.07) is 9.35. The molecule has 2 heterocycles. The summed E-state index contributed by atoms with van der Waals surface area (Å²) in [5, 5.41) is 3.66. The average Bonchev–Trinajstić information content (AvgIpc) is 3.29. The molecule has 1 fully saturated rings. The number of aromatic nitrogens is 1.